The summed E-state index contributed by atoms with van der Waals surface area (Å²) in [7, 11) is 0. The summed E-state index contributed by atoms with van der Waals surface area (Å²) < 4.78 is 17.1. The predicted octanol–water partition coefficient (Wildman–Crippen LogP) is -0.0365. The summed E-state index contributed by atoms with van der Waals surface area (Å²) >= 11 is 0. The number of nitrogens with two attached hydrogens (primary N) is 2. The number of aromatic nitrogens is 2. The lowest BCUT2D eigenvalue weighted by Crippen LogP contribution is -2.45. The molecule has 1 aromatic carbocycles. The Morgan fingerprint density at radius 1 is 1.21 bits per heavy atom. The van der Waals surface area contributed by atoms with E-state index in [0.717, 1.165) is 19.3 Å². The highest BCUT2D eigenvalue weighted by molar-refractivity contribution is 5.83. The van der Waals surface area contributed by atoms with Crippen molar-refractivity contribution in [2.75, 3.05) is 23.8 Å². The zero-order chi connectivity index (χ0) is 17.0. The van der Waals surface area contributed by atoms with Gasteiger partial charge in [-0.1, -0.05) is 0 Å². The van der Waals surface area contributed by atoms with Crippen LogP contribution in [-0.2, 0) is 6.54 Å². The van der Waals surface area contributed by atoms with Crippen molar-refractivity contribution in [3.8, 4) is 0 Å². The number of anilines is 1. The molecule has 2 aromatic rings. The molecule has 2 heterocycles. The molecule has 4 rings (SSSR count). The van der Waals surface area contributed by atoms with Crippen molar-refractivity contribution in [3.63, 3.8) is 0 Å². The zero-order valence-electron chi connectivity index (χ0n) is 13.2. The van der Waals surface area contributed by atoms with Gasteiger partial charge >= 0.3 is 5.69 Å². The molecule has 7 nitrogen and oxygen atoms in total. The standard InChI is InChI=1S/C16H20FN5O2/c17-13-12(20-6-5-10(18)8-20)4-3-11-14(13)21(7-9-1-2-9)16(24)22(19)15(11)23/h3-4,9-10H,1-2,5-8,18-19H2/t10-/m0/s1. The van der Waals surface area contributed by atoms with Gasteiger partial charge in [0.1, 0.15) is 0 Å². The van der Waals surface area contributed by atoms with Crippen molar-refractivity contribution in [3.05, 3.63) is 38.8 Å². The molecule has 0 spiro atoms. The highest BCUT2D eigenvalue weighted by Gasteiger charge is 2.28. The van der Waals surface area contributed by atoms with E-state index in [2.05, 4.69) is 0 Å². The van der Waals surface area contributed by atoms with Gasteiger partial charge in [0.15, 0.2) is 5.82 Å². The van der Waals surface area contributed by atoms with E-state index < -0.39 is 17.1 Å². The number of benzene rings is 1. The minimum atomic E-state index is -0.675. The summed E-state index contributed by atoms with van der Waals surface area (Å²) in [5.74, 6) is 5.39. The van der Waals surface area contributed by atoms with Crippen LogP contribution in [0.3, 0.4) is 0 Å². The summed E-state index contributed by atoms with van der Waals surface area (Å²) in [4.78, 5) is 26.5. The predicted molar refractivity (Wildman–Crippen MR) is 90.1 cm³/mol. The third kappa shape index (κ3) is 2.29. The summed E-state index contributed by atoms with van der Waals surface area (Å²) in [6.07, 6.45) is 2.79. The van der Waals surface area contributed by atoms with E-state index >= 15 is 4.39 Å². The fourth-order valence-electron chi connectivity index (χ4n) is 3.41. The van der Waals surface area contributed by atoms with E-state index in [0.29, 0.717) is 35.9 Å². The van der Waals surface area contributed by atoms with Gasteiger partial charge in [-0.15, -0.1) is 0 Å². The number of hydrogen-bond acceptors (Lipinski definition) is 5. The molecular weight excluding hydrogens is 313 g/mol. The van der Waals surface area contributed by atoms with E-state index in [1.165, 1.54) is 4.57 Å². The van der Waals surface area contributed by atoms with Gasteiger partial charge in [-0.3, -0.25) is 9.36 Å². The summed E-state index contributed by atoms with van der Waals surface area (Å²) in [6, 6.07) is 3.13. The Labute approximate surface area is 137 Å². The largest absolute Gasteiger partial charge is 0.367 e. The van der Waals surface area contributed by atoms with Crippen molar-refractivity contribution in [1.82, 2.24) is 9.24 Å². The quantitative estimate of drug-likeness (QED) is 0.768. The molecule has 1 saturated carbocycles. The fourth-order valence-corrected chi connectivity index (χ4v) is 3.41. The average molecular weight is 333 g/mol. The van der Waals surface area contributed by atoms with Crippen LogP contribution in [0.4, 0.5) is 10.1 Å². The van der Waals surface area contributed by atoms with Gasteiger partial charge in [0.2, 0.25) is 0 Å². The first-order valence-corrected chi connectivity index (χ1v) is 8.21. The molecule has 2 aliphatic rings. The van der Waals surface area contributed by atoms with Crippen LogP contribution < -0.4 is 27.7 Å². The van der Waals surface area contributed by atoms with Crippen LogP contribution >= 0.6 is 0 Å². The van der Waals surface area contributed by atoms with E-state index in [4.69, 9.17) is 11.6 Å². The first kappa shape index (κ1) is 15.2. The number of rotatable bonds is 3. The van der Waals surface area contributed by atoms with E-state index in [-0.39, 0.29) is 16.9 Å². The second-order valence-corrected chi connectivity index (χ2v) is 6.80. The zero-order valence-corrected chi connectivity index (χ0v) is 13.2. The smallest absolute Gasteiger partial charge is 0.350 e. The van der Waals surface area contributed by atoms with Crippen molar-refractivity contribution in [1.29, 1.82) is 0 Å². The number of nitrogens with zero attached hydrogens (tertiary/aromatic N) is 3. The summed E-state index contributed by atoms with van der Waals surface area (Å²) in [5, 5.41) is 0.127. The van der Waals surface area contributed by atoms with Crippen molar-refractivity contribution >= 4 is 16.6 Å². The topological polar surface area (TPSA) is 99.3 Å². The van der Waals surface area contributed by atoms with Gasteiger partial charge in [-0.05, 0) is 37.3 Å². The van der Waals surface area contributed by atoms with E-state index in [1.807, 2.05) is 4.90 Å². The van der Waals surface area contributed by atoms with E-state index in [1.54, 1.807) is 12.1 Å². The first-order chi connectivity index (χ1) is 11.5. The van der Waals surface area contributed by atoms with Crippen LogP contribution in [0.25, 0.3) is 10.9 Å². The number of nitrogen functional groups attached to an aromatic ring is 1. The highest BCUT2D eigenvalue weighted by Crippen LogP contribution is 2.32. The maximum absolute atomic E-state index is 15.2. The molecule has 1 aliphatic heterocycles. The molecule has 1 saturated heterocycles. The number of fused-ring (bicyclic) bond motifs is 1. The van der Waals surface area contributed by atoms with Crippen molar-refractivity contribution in [2.45, 2.75) is 31.8 Å². The first-order valence-electron chi connectivity index (χ1n) is 8.21. The molecule has 128 valence electrons. The van der Waals surface area contributed by atoms with Crippen LogP contribution in [0, 0.1) is 11.7 Å². The molecule has 1 atom stereocenters. The molecule has 1 aliphatic carbocycles. The molecule has 0 unspecified atom stereocenters. The highest BCUT2D eigenvalue weighted by atomic mass is 19.1. The van der Waals surface area contributed by atoms with Crippen LogP contribution in [0.1, 0.15) is 19.3 Å². The second kappa shape index (κ2) is 5.34. The van der Waals surface area contributed by atoms with E-state index in [9.17, 15) is 9.59 Å². The molecule has 2 fully saturated rings. The minimum absolute atomic E-state index is 0.00537. The molecule has 1 aromatic heterocycles. The number of halogens is 1. The van der Waals surface area contributed by atoms with Crippen molar-refractivity contribution in [2.24, 2.45) is 11.7 Å². The lowest BCUT2D eigenvalue weighted by Gasteiger charge is -2.21. The molecular formula is C16H20FN5O2. The van der Waals surface area contributed by atoms with Crippen LogP contribution in [-0.4, -0.2) is 28.4 Å². The Morgan fingerprint density at radius 2 is 1.96 bits per heavy atom. The summed E-state index contributed by atoms with van der Waals surface area (Å²) in [6.45, 7) is 1.60. The second-order valence-electron chi connectivity index (χ2n) is 6.80. The Kier molecular flexibility index (Phi) is 3.38. The van der Waals surface area contributed by atoms with Crippen molar-refractivity contribution < 1.29 is 4.39 Å². The lowest BCUT2D eigenvalue weighted by molar-refractivity contribution is 0.565. The monoisotopic (exact) mass is 333 g/mol. The lowest BCUT2D eigenvalue weighted by atomic mass is 10.2. The molecule has 24 heavy (non-hydrogen) atoms. The maximum Gasteiger partial charge on any atom is 0.350 e. The third-order valence-electron chi connectivity index (χ3n) is 4.95. The average Bonchev–Trinajstić information content (AvgIpc) is 3.28. The molecule has 8 heteroatoms. The Hall–Kier alpha value is -2.35. The Bertz CT molecular complexity index is 931. The number of hydrogen-bond donors (Lipinski definition) is 2. The fraction of sp³-hybridized carbons (Fsp3) is 0.500. The van der Waals surface area contributed by atoms with Gasteiger partial charge < -0.3 is 16.5 Å². The normalized spacial score (nSPS) is 20.9. The SMILES string of the molecule is N[C@H]1CCN(c2ccc3c(=O)n(N)c(=O)n(CC4CC4)c3c2F)C1. The molecule has 0 amide bonds. The van der Waals surface area contributed by atoms with Gasteiger partial charge in [-0.25, -0.2) is 9.18 Å². The molecule has 0 radical (unpaired) electrons. The third-order valence-corrected chi connectivity index (χ3v) is 4.95. The summed E-state index contributed by atoms with van der Waals surface area (Å²) in [5.41, 5.74) is 5.00. The van der Waals surface area contributed by atoms with Gasteiger partial charge in [-0.2, -0.15) is 4.68 Å². The maximum atomic E-state index is 15.2. The Morgan fingerprint density at radius 3 is 2.58 bits per heavy atom. The molecule has 0 bridgehead atoms. The Balaban J connectivity index is 1.97. The van der Waals surface area contributed by atoms with Crippen LogP contribution in [0.2, 0.25) is 0 Å². The van der Waals surface area contributed by atoms with Gasteiger partial charge in [0.25, 0.3) is 5.56 Å². The van der Waals surface area contributed by atoms with Gasteiger partial charge in [0.05, 0.1) is 16.6 Å². The van der Waals surface area contributed by atoms with Gasteiger partial charge in [0, 0.05) is 25.7 Å². The van der Waals surface area contributed by atoms with Crippen LogP contribution in [0.5, 0.6) is 0 Å². The van der Waals surface area contributed by atoms with Crippen LogP contribution in [0.15, 0.2) is 21.7 Å². The minimum Gasteiger partial charge on any atom is -0.367 e. The molecule has 4 N–H and O–H groups in total.